The van der Waals surface area contributed by atoms with Gasteiger partial charge in [0, 0.05) is 6.07 Å². The van der Waals surface area contributed by atoms with Crippen molar-refractivity contribution < 1.29 is 9.13 Å². The van der Waals surface area contributed by atoms with Crippen LogP contribution in [0.15, 0.2) is 18.2 Å². The van der Waals surface area contributed by atoms with Crippen molar-refractivity contribution >= 4 is 5.69 Å². The molecule has 1 aromatic carbocycles. The molecule has 0 amide bonds. The average Bonchev–Trinajstić information content (AvgIpc) is 2.67. The highest BCUT2D eigenvalue weighted by Crippen LogP contribution is 2.41. The van der Waals surface area contributed by atoms with Gasteiger partial charge in [-0.2, -0.15) is 0 Å². The summed E-state index contributed by atoms with van der Waals surface area (Å²) in [7, 11) is 0. The first-order valence-electron chi connectivity index (χ1n) is 5.50. The van der Waals surface area contributed by atoms with E-state index in [-0.39, 0.29) is 11.4 Å². The summed E-state index contributed by atoms with van der Waals surface area (Å²) in [6.07, 6.45) is 4.68. The molecule has 2 aliphatic rings. The zero-order valence-corrected chi connectivity index (χ0v) is 8.55. The van der Waals surface area contributed by atoms with E-state index in [4.69, 9.17) is 4.74 Å². The third-order valence-corrected chi connectivity index (χ3v) is 3.38. The lowest BCUT2D eigenvalue weighted by Gasteiger charge is -2.36. The second-order valence-electron chi connectivity index (χ2n) is 4.49. The van der Waals surface area contributed by atoms with E-state index in [1.54, 1.807) is 6.07 Å². The maximum atomic E-state index is 13.0. The first-order chi connectivity index (χ1) is 7.27. The van der Waals surface area contributed by atoms with Gasteiger partial charge in [-0.25, -0.2) is 4.39 Å². The normalized spacial score (nSPS) is 21.9. The maximum absolute atomic E-state index is 13.0. The molecule has 1 spiro atoms. The molecule has 0 bridgehead atoms. The molecule has 3 heteroatoms. The van der Waals surface area contributed by atoms with E-state index in [9.17, 15) is 4.39 Å². The minimum atomic E-state index is -0.216. The average molecular weight is 207 g/mol. The summed E-state index contributed by atoms with van der Waals surface area (Å²) >= 11 is 0. The molecule has 0 unspecified atom stereocenters. The Morgan fingerprint density at radius 1 is 1.27 bits per heavy atom. The molecular weight excluding hydrogens is 193 g/mol. The molecule has 2 nitrogen and oxygen atoms in total. The van der Waals surface area contributed by atoms with Crippen LogP contribution in [-0.2, 0) is 0 Å². The van der Waals surface area contributed by atoms with Gasteiger partial charge >= 0.3 is 0 Å². The molecule has 1 saturated carbocycles. The van der Waals surface area contributed by atoms with E-state index in [1.807, 2.05) is 0 Å². The van der Waals surface area contributed by atoms with Crippen LogP contribution in [0.3, 0.4) is 0 Å². The summed E-state index contributed by atoms with van der Waals surface area (Å²) in [5.74, 6) is 0.580. The monoisotopic (exact) mass is 207 g/mol. The fraction of sp³-hybridized carbons (Fsp3) is 0.500. The maximum Gasteiger partial charge on any atom is 0.143 e. The smallest absolute Gasteiger partial charge is 0.143 e. The van der Waals surface area contributed by atoms with E-state index >= 15 is 0 Å². The lowest BCUT2D eigenvalue weighted by atomic mass is 10.00. The Morgan fingerprint density at radius 3 is 2.87 bits per heavy atom. The Bertz CT molecular complexity index is 385. The van der Waals surface area contributed by atoms with Crippen molar-refractivity contribution in [2.24, 2.45) is 0 Å². The predicted molar refractivity (Wildman–Crippen MR) is 56.7 cm³/mol. The number of benzene rings is 1. The van der Waals surface area contributed by atoms with E-state index in [2.05, 4.69) is 5.32 Å². The third-order valence-electron chi connectivity index (χ3n) is 3.38. The number of anilines is 1. The summed E-state index contributed by atoms with van der Waals surface area (Å²) in [5, 5.41) is 3.27. The molecule has 1 aliphatic carbocycles. The molecule has 1 fully saturated rings. The van der Waals surface area contributed by atoms with Gasteiger partial charge in [-0.15, -0.1) is 0 Å². The SMILES string of the molecule is Fc1ccc2c(c1)NCC1(CCCC1)O2. The standard InChI is InChI=1S/C12H14FNO/c13-9-3-4-11-10(7-9)14-8-12(15-11)5-1-2-6-12/h3-4,7,14H,1-2,5-6,8H2. The zero-order valence-electron chi connectivity index (χ0n) is 8.55. The zero-order chi connectivity index (χ0) is 10.3. The van der Waals surface area contributed by atoms with Crippen LogP contribution in [0.4, 0.5) is 10.1 Å². The van der Waals surface area contributed by atoms with Crippen molar-refractivity contribution in [1.29, 1.82) is 0 Å². The number of fused-ring (bicyclic) bond motifs is 1. The van der Waals surface area contributed by atoms with Gasteiger partial charge in [0.05, 0.1) is 12.2 Å². The highest BCUT2D eigenvalue weighted by Gasteiger charge is 2.39. The number of hydrogen-bond donors (Lipinski definition) is 1. The molecule has 0 saturated heterocycles. The van der Waals surface area contributed by atoms with Gasteiger partial charge in [0.1, 0.15) is 17.2 Å². The van der Waals surface area contributed by atoms with Crippen LogP contribution >= 0.6 is 0 Å². The molecule has 1 N–H and O–H groups in total. The Balaban J connectivity index is 1.93. The van der Waals surface area contributed by atoms with Gasteiger partial charge in [-0.1, -0.05) is 0 Å². The lowest BCUT2D eigenvalue weighted by molar-refractivity contribution is 0.0828. The largest absolute Gasteiger partial charge is 0.483 e. The number of rotatable bonds is 0. The molecule has 1 aliphatic heterocycles. The fourth-order valence-corrected chi connectivity index (χ4v) is 2.55. The summed E-state index contributed by atoms with van der Waals surface area (Å²) in [6.45, 7) is 0.809. The molecule has 1 heterocycles. The number of nitrogens with one attached hydrogen (secondary N) is 1. The molecule has 15 heavy (non-hydrogen) atoms. The highest BCUT2D eigenvalue weighted by atomic mass is 19.1. The highest BCUT2D eigenvalue weighted by molar-refractivity contribution is 5.58. The van der Waals surface area contributed by atoms with Crippen LogP contribution in [0.5, 0.6) is 5.75 Å². The summed E-state index contributed by atoms with van der Waals surface area (Å²) in [5.41, 5.74) is 0.762. The minimum absolute atomic E-state index is 0.0230. The van der Waals surface area contributed by atoms with E-state index in [0.29, 0.717) is 0 Å². The van der Waals surface area contributed by atoms with E-state index in [1.165, 1.54) is 25.0 Å². The molecule has 1 aromatic rings. The molecule has 3 rings (SSSR count). The number of ether oxygens (including phenoxy) is 1. The van der Waals surface area contributed by atoms with Crippen molar-refractivity contribution in [3.63, 3.8) is 0 Å². The van der Waals surface area contributed by atoms with Gasteiger partial charge in [0.25, 0.3) is 0 Å². The van der Waals surface area contributed by atoms with E-state index < -0.39 is 0 Å². The quantitative estimate of drug-likeness (QED) is 0.706. The van der Waals surface area contributed by atoms with E-state index in [0.717, 1.165) is 30.8 Å². The third kappa shape index (κ3) is 1.46. The van der Waals surface area contributed by atoms with Crippen molar-refractivity contribution in [3.8, 4) is 5.75 Å². The van der Waals surface area contributed by atoms with Gasteiger partial charge in [0.15, 0.2) is 0 Å². The van der Waals surface area contributed by atoms with Crippen LogP contribution < -0.4 is 10.1 Å². The Kier molecular flexibility index (Phi) is 1.87. The van der Waals surface area contributed by atoms with Crippen LogP contribution in [0, 0.1) is 5.82 Å². The molecule has 80 valence electrons. The second-order valence-corrected chi connectivity index (χ2v) is 4.49. The molecule has 0 aromatic heterocycles. The second kappa shape index (κ2) is 3.12. The number of hydrogen-bond acceptors (Lipinski definition) is 2. The van der Waals surface area contributed by atoms with Crippen molar-refractivity contribution in [2.75, 3.05) is 11.9 Å². The lowest BCUT2D eigenvalue weighted by Crippen LogP contribution is -2.43. The molecule has 0 radical (unpaired) electrons. The molecular formula is C12H14FNO. The number of halogens is 1. The first-order valence-corrected chi connectivity index (χ1v) is 5.50. The van der Waals surface area contributed by atoms with Crippen molar-refractivity contribution in [1.82, 2.24) is 0 Å². The minimum Gasteiger partial charge on any atom is -0.483 e. The fourth-order valence-electron chi connectivity index (χ4n) is 2.55. The van der Waals surface area contributed by atoms with Crippen molar-refractivity contribution in [2.45, 2.75) is 31.3 Å². The van der Waals surface area contributed by atoms with Gasteiger partial charge < -0.3 is 10.1 Å². The van der Waals surface area contributed by atoms with Gasteiger partial charge in [-0.05, 0) is 37.8 Å². The summed E-state index contributed by atoms with van der Waals surface area (Å²) in [4.78, 5) is 0. The van der Waals surface area contributed by atoms with Crippen LogP contribution in [0.25, 0.3) is 0 Å². The summed E-state index contributed by atoms with van der Waals surface area (Å²) < 4.78 is 19.0. The predicted octanol–water partition coefficient (Wildman–Crippen LogP) is 2.94. The topological polar surface area (TPSA) is 21.3 Å². The van der Waals surface area contributed by atoms with Crippen LogP contribution in [0.1, 0.15) is 25.7 Å². The summed E-state index contributed by atoms with van der Waals surface area (Å²) in [6, 6.07) is 4.67. The molecule has 0 atom stereocenters. The van der Waals surface area contributed by atoms with Crippen LogP contribution in [-0.4, -0.2) is 12.1 Å². The van der Waals surface area contributed by atoms with Gasteiger partial charge in [0.2, 0.25) is 0 Å². The van der Waals surface area contributed by atoms with Crippen LogP contribution in [0.2, 0.25) is 0 Å². The van der Waals surface area contributed by atoms with Crippen molar-refractivity contribution in [3.05, 3.63) is 24.0 Å². The Labute approximate surface area is 88.4 Å². The Morgan fingerprint density at radius 2 is 2.07 bits per heavy atom. The van der Waals surface area contributed by atoms with Gasteiger partial charge in [-0.3, -0.25) is 0 Å². The first kappa shape index (κ1) is 9.01. The Hall–Kier alpha value is -1.25.